The molecule has 0 unspecified atom stereocenters. The number of rotatable bonds is 1. The summed E-state index contributed by atoms with van der Waals surface area (Å²) < 4.78 is 0. The van der Waals surface area contributed by atoms with Crippen LogP contribution < -0.4 is 5.73 Å². The van der Waals surface area contributed by atoms with Crippen LogP contribution in [0.4, 0.5) is 0 Å². The number of hydrogen-bond acceptors (Lipinski definition) is 3. The lowest BCUT2D eigenvalue weighted by atomic mass is 10.6. The molecule has 0 aliphatic rings. The molecule has 0 rings (SSSR count). The van der Waals surface area contributed by atoms with Crippen molar-refractivity contribution in [2.45, 2.75) is 6.29 Å². The standard InChI is InChI=1S/C2H6N2O2.ClH/c3-1(4)2(5)6;/h2,5-6H,(H3,3,4);1H. The van der Waals surface area contributed by atoms with Crippen LogP contribution in [0.15, 0.2) is 0 Å². The van der Waals surface area contributed by atoms with Gasteiger partial charge in [0, 0.05) is 0 Å². The van der Waals surface area contributed by atoms with Crippen LogP contribution in [-0.2, 0) is 0 Å². The summed E-state index contributed by atoms with van der Waals surface area (Å²) in [6.07, 6.45) is -1.79. The van der Waals surface area contributed by atoms with Crippen LogP contribution in [0.5, 0.6) is 0 Å². The van der Waals surface area contributed by atoms with Crippen LogP contribution in [0.3, 0.4) is 0 Å². The molecule has 0 saturated heterocycles. The second-order valence-corrected chi connectivity index (χ2v) is 0.829. The molecule has 0 atom stereocenters. The van der Waals surface area contributed by atoms with Crippen molar-refractivity contribution in [2.75, 3.05) is 0 Å². The molecule has 0 aromatic carbocycles. The summed E-state index contributed by atoms with van der Waals surface area (Å²) in [5, 5.41) is 21.9. The van der Waals surface area contributed by atoms with Crippen LogP contribution in [0.25, 0.3) is 0 Å². The molecule has 5 N–H and O–H groups in total. The van der Waals surface area contributed by atoms with Gasteiger partial charge >= 0.3 is 0 Å². The molecule has 44 valence electrons. The Hall–Kier alpha value is -0.320. The maximum absolute atomic E-state index is 7.84. The largest absolute Gasteiger partial charge is 0.383 e. The van der Waals surface area contributed by atoms with Gasteiger partial charge in [0.1, 0.15) is 5.84 Å². The van der Waals surface area contributed by atoms with Gasteiger partial charge in [0.25, 0.3) is 0 Å². The highest BCUT2D eigenvalue weighted by atomic mass is 35.5. The Morgan fingerprint density at radius 2 is 1.71 bits per heavy atom. The summed E-state index contributed by atoms with van der Waals surface area (Å²) >= 11 is 0. The molecular weight excluding hydrogens is 119 g/mol. The van der Waals surface area contributed by atoms with Gasteiger partial charge < -0.3 is 15.9 Å². The van der Waals surface area contributed by atoms with Gasteiger partial charge in [-0.15, -0.1) is 12.4 Å². The van der Waals surface area contributed by atoms with Gasteiger partial charge in [-0.3, -0.25) is 5.41 Å². The minimum absolute atomic E-state index is 0. The molecule has 0 bridgehead atoms. The second-order valence-electron chi connectivity index (χ2n) is 0.829. The van der Waals surface area contributed by atoms with E-state index < -0.39 is 12.1 Å². The highest BCUT2D eigenvalue weighted by Crippen LogP contribution is 1.65. The number of hydrogen-bond donors (Lipinski definition) is 4. The lowest BCUT2D eigenvalue weighted by Crippen LogP contribution is -2.26. The molecule has 0 spiro atoms. The summed E-state index contributed by atoms with van der Waals surface area (Å²) in [4.78, 5) is 0. The lowest BCUT2D eigenvalue weighted by molar-refractivity contribution is 0.0179. The third-order valence-corrected chi connectivity index (χ3v) is 0.278. The highest BCUT2D eigenvalue weighted by Gasteiger charge is 1.95. The fourth-order valence-corrected chi connectivity index (χ4v) is 0. The topological polar surface area (TPSA) is 90.3 Å². The van der Waals surface area contributed by atoms with Crippen molar-refractivity contribution in [3.63, 3.8) is 0 Å². The zero-order valence-electron chi connectivity index (χ0n) is 3.46. The van der Waals surface area contributed by atoms with Crippen molar-refractivity contribution < 1.29 is 10.2 Å². The fourth-order valence-electron chi connectivity index (χ4n) is 0. The first-order valence-corrected chi connectivity index (χ1v) is 1.34. The fraction of sp³-hybridized carbons (Fsp3) is 0.500. The van der Waals surface area contributed by atoms with Crippen LogP contribution in [0.2, 0.25) is 0 Å². The van der Waals surface area contributed by atoms with Crippen molar-refractivity contribution >= 4 is 18.2 Å². The van der Waals surface area contributed by atoms with Gasteiger partial charge in [-0.05, 0) is 0 Å². The summed E-state index contributed by atoms with van der Waals surface area (Å²) in [5.41, 5.74) is 4.52. The van der Waals surface area contributed by atoms with Gasteiger partial charge in [-0.1, -0.05) is 0 Å². The van der Waals surface area contributed by atoms with E-state index >= 15 is 0 Å². The Balaban J connectivity index is 0. The molecule has 0 saturated carbocycles. The molecule has 7 heavy (non-hydrogen) atoms. The quantitative estimate of drug-likeness (QED) is 0.199. The number of nitrogens with two attached hydrogens (primary N) is 1. The molecule has 5 heteroatoms. The van der Waals surface area contributed by atoms with Crippen LogP contribution >= 0.6 is 12.4 Å². The highest BCUT2D eigenvalue weighted by molar-refractivity contribution is 5.85. The third-order valence-electron chi connectivity index (χ3n) is 0.278. The minimum Gasteiger partial charge on any atom is -0.383 e. The number of aliphatic hydroxyl groups excluding tert-OH is 1. The Kier molecular flexibility index (Phi) is 5.42. The summed E-state index contributed by atoms with van der Waals surface area (Å²) in [6, 6.07) is 0. The van der Waals surface area contributed by atoms with Crippen molar-refractivity contribution in [3.05, 3.63) is 0 Å². The van der Waals surface area contributed by atoms with E-state index in [1.54, 1.807) is 0 Å². The summed E-state index contributed by atoms with van der Waals surface area (Å²) in [7, 11) is 0. The van der Waals surface area contributed by atoms with Crippen LogP contribution in [0.1, 0.15) is 0 Å². The number of nitrogens with one attached hydrogen (secondary N) is 1. The normalized spacial score (nSPS) is 7.86. The maximum Gasteiger partial charge on any atom is 0.211 e. The number of halogens is 1. The molecule has 4 nitrogen and oxygen atoms in total. The Bertz CT molecular complexity index is 64.7. The molecule has 0 aliphatic carbocycles. The molecule has 0 aromatic rings. The van der Waals surface area contributed by atoms with Gasteiger partial charge in [0.05, 0.1) is 0 Å². The van der Waals surface area contributed by atoms with Gasteiger partial charge in [-0.25, -0.2) is 0 Å². The molecule has 0 radical (unpaired) electrons. The Morgan fingerprint density at radius 1 is 1.57 bits per heavy atom. The van der Waals surface area contributed by atoms with E-state index in [-0.39, 0.29) is 12.4 Å². The van der Waals surface area contributed by atoms with Gasteiger partial charge in [-0.2, -0.15) is 0 Å². The summed E-state index contributed by atoms with van der Waals surface area (Å²) in [5.74, 6) is -0.630. The third kappa shape index (κ3) is 5.68. The second kappa shape index (κ2) is 3.86. The van der Waals surface area contributed by atoms with Crippen LogP contribution in [-0.4, -0.2) is 22.3 Å². The molecule has 0 heterocycles. The van der Waals surface area contributed by atoms with E-state index in [9.17, 15) is 0 Å². The zero-order valence-corrected chi connectivity index (χ0v) is 4.27. The van der Waals surface area contributed by atoms with E-state index in [1.165, 1.54) is 0 Å². The number of amidine groups is 1. The first-order chi connectivity index (χ1) is 2.64. The van der Waals surface area contributed by atoms with Gasteiger partial charge in [0.2, 0.25) is 6.29 Å². The van der Waals surface area contributed by atoms with Gasteiger partial charge in [0.15, 0.2) is 0 Å². The Labute approximate surface area is 46.9 Å². The van der Waals surface area contributed by atoms with Crippen LogP contribution in [0, 0.1) is 5.41 Å². The lowest BCUT2D eigenvalue weighted by Gasteiger charge is -1.94. The van der Waals surface area contributed by atoms with Crippen molar-refractivity contribution in [3.8, 4) is 0 Å². The molecule has 0 aliphatic heterocycles. The monoisotopic (exact) mass is 126 g/mol. The minimum atomic E-state index is -1.79. The average molecular weight is 127 g/mol. The Morgan fingerprint density at radius 3 is 1.71 bits per heavy atom. The predicted octanol–water partition coefficient (Wildman–Crippen LogP) is -1.35. The number of aliphatic hydroxyl groups is 2. The zero-order chi connectivity index (χ0) is 5.15. The van der Waals surface area contributed by atoms with E-state index in [1.807, 2.05) is 0 Å². The average Bonchev–Trinajstić information content (AvgIpc) is 1.36. The van der Waals surface area contributed by atoms with E-state index in [4.69, 9.17) is 15.6 Å². The maximum atomic E-state index is 7.84. The first-order valence-electron chi connectivity index (χ1n) is 1.34. The van der Waals surface area contributed by atoms with E-state index in [0.29, 0.717) is 0 Å². The molecule has 0 aromatic heterocycles. The van der Waals surface area contributed by atoms with E-state index in [0.717, 1.165) is 0 Å². The smallest absolute Gasteiger partial charge is 0.211 e. The van der Waals surface area contributed by atoms with E-state index in [2.05, 4.69) is 5.73 Å². The van der Waals surface area contributed by atoms with Crippen molar-refractivity contribution in [1.82, 2.24) is 0 Å². The molecule has 0 fully saturated rings. The molecule has 0 amide bonds. The predicted molar refractivity (Wildman–Crippen MR) is 27.4 cm³/mol. The van der Waals surface area contributed by atoms with Crippen molar-refractivity contribution in [2.24, 2.45) is 5.73 Å². The first kappa shape index (κ1) is 9.84. The van der Waals surface area contributed by atoms with Crippen molar-refractivity contribution in [1.29, 1.82) is 5.41 Å². The molecular formula is C2H7ClN2O2. The SMILES string of the molecule is Cl.N=C(N)C(O)O. The summed E-state index contributed by atoms with van der Waals surface area (Å²) in [6.45, 7) is 0.